The average molecular weight is 197 g/mol. The van der Waals surface area contributed by atoms with Crippen LogP contribution in [0.25, 0.3) is 0 Å². The van der Waals surface area contributed by atoms with E-state index in [9.17, 15) is 5.11 Å². The lowest BCUT2D eigenvalue weighted by molar-refractivity contribution is -0.112. The fraction of sp³-hybridized carbons (Fsp3) is 1.00. The molecule has 3 aliphatic rings. The minimum Gasteiger partial charge on any atom is -0.392 e. The molecule has 1 saturated heterocycles. The number of hydrogen-bond acceptors (Lipinski definition) is 3. The van der Waals surface area contributed by atoms with Gasteiger partial charge in [-0.2, -0.15) is 0 Å². The van der Waals surface area contributed by atoms with Gasteiger partial charge in [-0.05, 0) is 32.1 Å². The van der Waals surface area contributed by atoms with Crippen LogP contribution in [0, 0.1) is 5.92 Å². The lowest BCUT2D eigenvalue weighted by Gasteiger charge is -2.50. The number of aliphatic hydroxyl groups excluding tert-OH is 1. The van der Waals surface area contributed by atoms with Crippen molar-refractivity contribution in [2.45, 2.75) is 56.4 Å². The first kappa shape index (κ1) is 9.13. The number of rotatable bonds is 2. The zero-order valence-electron chi connectivity index (χ0n) is 8.48. The maximum absolute atomic E-state index is 9.48. The van der Waals surface area contributed by atoms with Gasteiger partial charge >= 0.3 is 0 Å². The predicted molar refractivity (Wildman–Crippen MR) is 53.0 cm³/mol. The van der Waals surface area contributed by atoms with E-state index in [0.29, 0.717) is 18.2 Å². The van der Waals surface area contributed by atoms with Gasteiger partial charge in [0.2, 0.25) is 0 Å². The van der Waals surface area contributed by atoms with Gasteiger partial charge < -0.3 is 15.2 Å². The summed E-state index contributed by atoms with van der Waals surface area (Å²) in [5, 5.41) is 13.1. The van der Waals surface area contributed by atoms with Crippen LogP contribution in [-0.2, 0) is 4.74 Å². The molecule has 0 aromatic carbocycles. The van der Waals surface area contributed by atoms with Crippen molar-refractivity contribution in [3.05, 3.63) is 0 Å². The molecule has 2 N–H and O–H groups in total. The third kappa shape index (κ3) is 1.38. The molecule has 0 amide bonds. The molecule has 80 valence electrons. The van der Waals surface area contributed by atoms with Gasteiger partial charge in [0.05, 0.1) is 12.2 Å². The molecule has 3 fully saturated rings. The van der Waals surface area contributed by atoms with Crippen molar-refractivity contribution in [3.63, 3.8) is 0 Å². The molecule has 2 saturated carbocycles. The van der Waals surface area contributed by atoms with Crippen LogP contribution in [0.5, 0.6) is 0 Å². The van der Waals surface area contributed by atoms with Gasteiger partial charge in [-0.15, -0.1) is 0 Å². The van der Waals surface area contributed by atoms with Gasteiger partial charge in [0.15, 0.2) is 0 Å². The Morgan fingerprint density at radius 3 is 2.71 bits per heavy atom. The molecule has 3 unspecified atom stereocenters. The van der Waals surface area contributed by atoms with Crippen LogP contribution in [0.2, 0.25) is 0 Å². The van der Waals surface area contributed by atoms with Crippen molar-refractivity contribution < 1.29 is 9.84 Å². The molecular formula is C11H19NO2. The second-order valence-electron chi connectivity index (χ2n) is 4.98. The highest BCUT2D eigenvalue weighted by Gasteiger charge is 2.45. The van der Waals surface area contributed by atoms with Crippen molar-refractivity contribution in [1.82, 2.24) is 5.32 Å². The Balaban J connectivity index is 1.50. The average Bonchev–Trinajstić information content (AvgIpc) is 2.17. The van der Waals surface area contributed by atoms with Gasteiger partial charge in [-0.25, -0.2) is 0 Å². The molecule has 2 aliphatic carbocycles. The Bertz CT molecular complexity index is 221. The maximum Gasteiger partial charge on any atom is 0.0693 e. The van der Waals surface area contributed by atoms with Gasteiger partial charge in [0, 0.05) is 24.6 Å². The Hall–Kier alpha value is -0.120. The molecule has 5 atom stereocenters. The summed E-state index contributed by atoms with van der Waals surface area (Å²) in [6.45, 7) is 0.958. The van der Waals surface area contributed by atoms with E-state index in [1.54, 1.807) is 0 Å². The fourth-order valence-electron chi connectivity index (χ4n) is 2.94. The molecule has 3 nitrogen and oxygen atoms in total. The summed E-state index contributed by atoms with van der Waals surface area (Å²) in [6, 6.07) is 1.00. The zero-order chi connectivity index (χ0) is 9.54. The first-order valence-electron chi connectivity index (χ1n) is 5.90. The monoisotopic (exact) mass is 197 g/mol. The molecule has 0 bridgehead atoms. The number of aliphatic hydroxyl groups is 1. The molecule has 1 heterocycles. The lowest BCUT2D eigenvalue weighted by Crippen LogP contribution is -2.62. The van der Waals surface area contributed by atoms with Crippen molar-refractivity contribution in [3.8, 4) is 0 Å². The Labute approximate surface area is 84.8 Å². The molecule has 0 aromatic rings. The van der Waals surface area contributed by atoms with Gasteiger partial charge in [-0.1, -0.05) is 0 Å². The van der Waals surface area contributed by atoms with E-state index >= 15 is 0 Å². The maximum atomic E-state index is 9.48. The molecule has 3 heteroatoms. The van der Waals surface area contributed by atoms with Crippen LogP contribution in [0.15, 0.2) is 0 Å². The molecule has 0 aromatic heterocycles. The highest BCUT2D eigenvalue weighted by atomic mass is 16.5. The van der Waals surface area contributed by atoms with Crippen LogP contribution in [-0.4, -0.2) is 36.0 Å². The van der Waals surface area contributed by atoms with Crippen molar-refractivity contribution in [1.29, 1.82) is 0 Å². The molecule has 0 radical (unpaired) electrons. The smallest absolute Gasteiger partial charge is 0.0693 e. The summed E-state index contributed by atoms with van der Waals surface area (Å²) in [7, 11) is 0. The normalized spacial score (nSPS) is 51.6. The largest absolute Gasteiger partial charge is 0.392 e. The first-order chi connectivity index (χ1) is 6.84. The van der Waals surface area contributed by atoms with Gasteiger partial charge in [-0.3, -0.25) is 0 Å². The van der Waals surface area contributed by atoms with E-state index in [2.05, 4.69) is 5.32 Å². The van der Waals surface area contributed by atoms with E-state index < -0.39 is 0 Å². The van der Waals surface area contributed by atoms with Gasteiger partial charge in [0.1, 0.15) is 0 Å². The summed E-state index contributed by atoms with van der Waals surface area (Å²) in [4.78, 5) is 0. The van der Waals surface area contributed by atoms with E-state index in [-0.39, 0.29) is 6.10 Å². The van der Waals surface area contributed by atoms with Crippen LogP contribution >= 0.6 is 0 Å². The zero-order valence-corrected chi connectivity index (χ0v) is 8.48. The minimum atomic E-state index is -0.0847. The Kier molecular flexibility index (Phi) is 2.26. The van der Waals surface area contributed by atoms with Crippen LogP contribution < -0.4 is 5.32 Å². The van der Waals surface area contributed by atoms with E-state index in [1.165, 1.54) is 12.8 Å². The fourth-order valence-corrected chi connectivity index (χ4v) is 2.94. The summed E-state index contributed by atoms with van der Waals surface area (Å²) in [5.41, 5.74) is 0. The first-order valence-corrected chi connectivity index (χ1v) is 5.90. The van der Waals surface area contributed by atoms with Crippen LogP contribution in [0.1, 0.15) is 32.1 Å². The molecule has 1 aliphatic heterocycles. The molecule has 0 spiro atoms. The molecular weight excluding hydrogens is 178 g/mol. The highest BCUT2D eigenvalue weighted by Crippen LogP contribution is 2.39. The molecule has 14 heavy (non-hydrogen) atoms. The van der Waals surface area contributed by atoms with E-state index in [4.69, 9.17) is 4.74 Å². The van der Waals surface area contributed by atoms with Crippen molar-refractivity contribution >= 4 is 0 Å². The van der Waals surface area contributed by atoms with Crippen LogP contribution in [0.3, 0.4) is 0 Å². The number of nitrogens with one attached hydrogen (secondary N) is 1. The molecule has 3 rings (SSSR count). The predicted octanol–water partition coefficient (Wildman–Crippen LogP) is 0.667. The van der Waals surface area contributed by atoms with Crippen molar-refractivity contribution in [2.24, 2.45) is 5.92 Å². The van der Waals surface area contributed by atoms with Crippen LogP contribution in [0.4, 0.5) is 0 Å². The highest BCUT2D eigenvalue weighted by molar-refractivity contribution is 5.00. The number of ether oxygens (including phenoxy) is 1. The van der Waals surface area contributed by atoms with E-state index in [0.717, 1.165) is 31.8 Å². The quantitative estimate of drug-likeness (QED) is 0.683. The van der Waals surface area contributed by atoms with E-state index in [1.807, 2.05) is 0 Å². The standard InChI is InChI=1S/C11H19NO2/c13-10-4-3-8(10)12-9-6-11-7(9)2-1-5-14-11/h7-13H,1-6H2/t7?,8-,9?,10-,11?/m1/s1. The number of fused-ring (bicyclic) bond motifs is 1. The summed E-state index contributed by atoms with van der Waals surface area (Å²) < 4.78 is 5.66. The second-order valence-corrected chi connectivity index (χ2v) is 4.98. The Morgan fingerprint density at radius 1 is 1.14 bits per heavy atom. The topological polar surface area (TPSA) is 41.5 Å². The number of hydrogen-bond donors (Lipinski definition) is 2. The summed E-state index contributed by atoms with van der Waals surface area (Å²) >= 11 is 0. The SMILES string of the molecule is O[C@@H]1CC[C@H]1NC1CC2OCCCC12. The third-order valence-electron chi connectivity index (χ3n) is 4.16. The minimum absolute atomic E-state index is 0.0847. The van der Waals surface area contributed by atoms with Gasteiger partial charge in [0.25, 0.3) is 0 Å². The van der Waals surface area contributed by atoms with Crippen molar-refractivity contribution in [2.75, 3.05) is 6.61 Å². The third-order valence-corrected chi connectivity index (χ3v) is 4.16. The summed E-state index contributed by atoms with van der Waals surface area (Å²) in [6.07, 6.45) is 6.26. The lowest BCUT2D eigenvalue weighted by atomic mass is 9.71. The summed E-state index contributed by atoms with van der Waals surface area (Å²) in [5.74, 6) is 0.733. The second kappa shape index (κ2) is 3.47. The Morgan fingerprint density at radius 2 is 2.07 bits per heavy atom.